The summed E-state index contributed by atoms with van der Waals surface area (Å²) in [7, 11) is -3.03. The second-order valence-electron chi connectivity index (χ2n) is 9.23. The maximum Gasteiger partial charge on any atom is 0.418 e. The molecule has 208 valence electrons. The number of rotatable bonds is 7. The van der Waals surface area contributed by atoms with Crippen molar-refractivity contribution in [3.05, 3.63) is 59.1 Å². The Morgan fingerprint density at radius 2 is 1.82 bits per heavy atom. The SMILES string of the molecule is COc1ccc(Cl)c(-c2nc(NS(=O)(=O)c3cccc(N4CCC(C)(C(=O)O)CC4)n3)ccc2C(F)(F)F)c1. The van der Waals surface area contributed by atoms with Crippen LogP contribution in [0.25, 0.3) is 11.3 Å². The molecule has 0 radical (unpaired) electrons. The van der Waals surface area contributed by atoms with Crippen molar-refractivity contribution in [2.24, 2.45) is 5.41 Å². The topological polar surface area (TPSA) is 122 Å². The van der Waals surface area contributed by atoms with Gasteiger partial charge in [-0.2, -0.15) is 21.6 Å². The third-order valence-electron chi connectivity index (χ3n) is 6.56. The lowest BCUT2D eigenvalue weighted by Gasteiger charge is -2.37. The molecule has 3 aromatic rings. The first-order chi connectivity index (χ1) is 18.2. The van der Waals surface area contributed by atoms with Gasteiger partial charge < -0.3 is 14.7 Å². The summed E-state index contributed by atoms with van der Waals surface area (Å²) in [5.41, 5.74) is -2.66. The van der Waals surface area contributed by atoms with Crippen LogP contribution < -0.4 is 14.4 Å². The predicted octanol–water partition coefficient (Wildman–Crippen LogP) is 5.32. The van der Waals surface area contributed by atoms with E-state index >= 15 is 0 Å². The van der Waals surface area contributed by atoms with Crippen LogP contribution in [-0.4, -0.2) is 49.7 Å². The molecular weight excluding hydrogens is 561 g/mol. The van der Waals surface area contributed by atoms with Crippen LogP contribution in [0.15, 0.2) is 53.6 Å². The fourth-order valence-corrected chi connectivity index (χ4v) is 5.30. The number of alkyl halides is 3. The Morgan fingerprint density at radius 3 is 2.44 bits per heavy atom. The van der Waals surface area contributed by atoms with Crippen molar-refractivity contribution in [3.63, 3.8) is 0 Å². The standard InChI is InChI=1S/C25H24ClF3N4O5S/c1-24(23(34)35)10-12-33(13-11-24)20-4-3-5-21(31-20)39(36,37)32-19-9-7-17(25(27,28)29)22(30-19)16-14-15(38-2)6-8-18(16)26/h3-9,14H,10-13H2,1-2H3,(H,30,32)(H,34,35). The molecule has 1 fully saturated rings. The molecule has 0 saturated carbocycles. The lowest BCUT2D eigenvalue weighted by atomic mass is 9.80. The molecule has 1 aromatic carbocycles. The van der Waals surface area contributed by atoms with E-state index in [0.717, 1.165) is 6.07 Å². The molecule has 0 unspecified atom stereocenters. The molecule has 1 aliphatic heterocycles. The quantitative estimate of drug-likeness (QED) is 0.383. The summed E-state index contributed by atoms with van der Waals surface area (Å²) < 4.78 is 75.0. The average Bonchev–Trinajstić information content (AvgIpc) is 2.88. The van der Waals surface area contributed by atoms with Crippen molar-refractivity contribution < 1.29 is 36.2 Å². The second kappa shape index (κ2) is 10.5. The van der Waals surface area contributed by atoms with Crippen LogP contribution in [0.2, 0.25) is 5.02 Å². The molecule has 2 aromatic heterocycles. The number of nitrogens with one attached hydrogen (secondary N) is 1. The molecule has 2 N–H and O–H groups in total. The van der Waals surface area contributed by atoms with E-state index < -0.39 is 38.8 Å². The summed E-state index contributed by atoms with van der Waals surface area (Å²) in [5.74, 6) is -0.708. The number of aliphatic carboxylic acids is 1. The van der Waals surface area contributed by atoms with Gasteiger partial charge in [-0.3, -0.25) is 9.52 Å². The maximum atomic E-state index is 13.8. The van der Waals surface area contributed by atoms with Crippen LogP contribution in [0.3, 0.4) is 0 Å². The number of halogens is 4. The van der Waals surface area contributed by atoms with Gasteiger partial charge in [0.25, 0.3) is 10.0 Å². The Labute approximate surface area is 227 Å². The molecular formula is C25H24ClF3N4O5S. The summed E-state index contributed by atoms with van der Waals surface area (Å²) in [6.45, 7) is 2.38. The third kappa shape index (κ3) is 6.04. The van der Waals surface area contributed by atoms with Gasteiger partial charge in [0, 0.05) is 18.7 Å². The monoisotopic (exact) mass is 584 g/mol. The lowest BCUT2D eigenvalue weighted by molar-refractivity contribution is -0.149. The number of benzene rings is 1. The van der Waals surface area contributed by atoms with E-state index in [-0.39, 0.29) is 27.2 Å². The lowest BCUT2D eigenvalue weighted by Crippen LogP contribution is -2.43. The van der Waals surface area contributed by atoms with Crippen LogP contribution in [0.1, 0.15) is 25.3 Å². The molecule has 9 nitrogen and oxygen atoms in total. The molecule has 0 bridgehead atoms. The van der Waals surface area contributed by atoms with Gasteiger partial charge in [-0.15, -0.1) is 0 Å². The molecule has 0 spiro atoms. The Morgan fingerprint density at radius 1 is 1.13 bits per heavy atom. The van der Waals surface area contributed by atoms with Gasteiger partial charge in [0.2, 0.25) is 0 Å². The average molecular weight is 585 g/mol. The van der Waals surface area contributed by atoms with Crippen LogP contribution >= 0.6 is 11.6 Å². The number of carboxylic acid groups (broad SMARTS) is 1. The summed E-state index contributed by atoms with van der Waals surface area (Å²) in [4.78, 5) is 21.5. The highest BCUT2D eigenvalue weighted by molar-refractivity contribution is 7.92. The smallest absolute Gasteiger partial charge is 0.418 e. The zero-order valence-corrected chi connectivity index (χ0v) is 22.4. The molecule has 0 atom stereocenters. The first-order valence-electron chi connectivity index (χ1n) is 11.6. The summed E-state index contributed by atoms with van der Waals surface area (Å²) in [5, 5.41) is 9.02. The van der Waals surface area contributed by atoms with Gasteiger partial charge in [-0.1, -0.05) is 17.7 Å². The van der Waals surface area contributed by atoms with Crippen LogP contribution in [0, 0.1) is 5.41 Å². The number of anilines is 2. The number of carboxylic acids is 1. The molecule has 1 aliphatic rings. The fraction of sp³-hybridized carbons (Fsp3) is 0.320. The number of pyridine rings is 2. The third-order valence-corrected chi connectivity index (χ3v) is 8.15. The van der Waals surface area contributed by atoms with E-state index in [1.165, 1.54) is 37.4 Å². The minimum atomic E-state index is -4.80. The fourth-order valence-electron chi connectivity index (χ4n) is 4.13. The Hall–Kier alpha value is -3.58. The number of methoxy groups -OCH3 is 1. The molecule has 1 saturated heterocycles. The van der Waals surface area contributed by atoms with E-state index in [2.05, 4.69) is 14.7 Å². The Bertz CT molecular complexity index is 1510. The zero-order valence-electron chi connectivity index (χ0n) is 20.8. The highest BCUT2D eigenvalue weighted by Crippen LogP contribution is 2.40. The van der Waals surface area contributed by atoms with Gasteiger partial charge in [0.15, 0.2) is 5.03 Å². The Kier molecular flexibility index (Phi) is 7.68. The number of nitrogens with zero attached hydrogens (tertiary/aromatic N) is 3. The second-order valence-corrected chi connectivity index (χ2v) is 11.3. The highest BCUT2D eigenvalue weighted by Gasteiger charge is 2.38. The van der Waals surface area contributed by atoms with E-state index in [4.69, 9.17) is 16.3 Å². The first kappa shape index (κ1) is 28.4. The van der Waals surface area contributed by atoms with Gasteiger partial charge in [-0.05, 0) is 62.2 Å². The maximum absolute atomic E-state index is 13.8. The number of ether oxygens (including phenoxy) is 1. The largest absolute Gasteiger partial charge is 0.497 e. The molecule has 0 amide bonds. The number of hydrogen-bond acceptors (Lipinski definition) is 7. The van der Waals surface area contributed by atoms with E-state index in [1.807, 2.05) is 0 Å². The van der Waals surface area contributed by atoms with Gasteiger partial charge in [0.1, 0.15) is 17.4 Å². The van der Waals surface area contributed by atoms with Gasteiger partial charge >= 0.3 is 12.1 Å². The number of hydrogen-bond donors (Lipinski definition) is 2. The van der Waals surface area contributed by atoms with E-state index in [1.54, 1.807) is 17.9 Å². The van der Waals surface area contributed by atoms with Crippen molar-refractivity contribution in [2.45, 2.75) is 31.0 Å². The summed E-state index contributed by atoms with van der Waals surface area (Å²) in [6, 6.07) is 10.0. The molecule has 39 heavy (non-hydrogen) atoms. The highest BCUT2D eigenvalue weighted by atomic mass is 35.5. The van der Waals surface area contributed by atoms with Crippen molar-refractivity contribution in [1.29, 1.82) is 0 Å². The van der Waals surface area contributed by atoms with Crippen molar-refractivity contribution in [2.75, 3.05) is 29.8 Å². The first-order valence-corrected chi connectivity index (χ1v) is 13.5. The van der Waals surface area contributed by atoms with Crippen molar-refractivity contribution in [1.82, 2.24) is 9.97 Å². The molecule has 3 heterocycles. The predicted molar refractivity (Wildman–Crippen MR) is 138 cm³/mol. The number of aromatic nitrogens is 2. The Balaban J connectivity index is 1.65. The molecule has 14 heteroatoms. The van der Waals surface area contributed by atoms with Gasteiger partial charge in [0.05, 0.1) is 28.8 Å². The number of sulfonamides is 1. The van der Waals surface area contributed by atoms with Crippen molar-refractivity contribution >= 4 is 39.2 Å². The van der Waals surface area contributed by atoms with Crippen LogP contribution in [-0.2, 0) is 21.0 Å². The summed E-state index contributed by atoms with van der Waals surface area (Å²) in [6.07, 6.45) is -4.10. The normalized spacial score (nSPS) is 15.6. The van der Waals surface area contributed by atoms with Gasteiger partial charge in [-0.25, -0.2) is 9.97 Å². The molecule has 4 rings (SSSR count). The van der Waals surface area contributed by atoms with Crippen LogP contribution in [0.5, 0.6) is 5.75 Å². The minimum absolute atomic E-state index is 0.0382. The van der Waals surface area contributed by atoms with E-state index in [9.17, 15) is 31.5 Å². The van der Waals surface area contributed by atoms with Crippen molar-refractivity contribution in [3.8, 4) is 17.0 Å². The molecule has 0 aliphatic carbocycles. The minimum Gasteiger partial charge on any atom is -0.497 e. The number of carbonyl (C=O) groups is 1. The van der Waals surface area contributed by atoms with E-state index in [0.29, 0.717) is 37.8 Å². The van der Waals surface area contributed by atoms with Crippen LogP contribution in [0.4, 0.5) is 24.8 Å². The zero-order chi connectivity index (χ0) is 28.6. The summed E-state index contributed by atoms with van der Waals surface area (Å²) >= 11 is 6.17. The number of piperidine rings is 1.